The van der Waals surface area contributed by atoms with E-state index < -0.39 is 0 Å². The second-order valence-corrected chi connectivity index (χ2v) is 13.9. The van der Waals surface area contributed by atoms with E-state index >= 15 is 0 Å². The molecular formula is C40H55N3. The van der Waals surface area contributed by atoms with Crippen molar-refractivity contribution >= 4 is 11.3 Å². The van der Waals surface area contributed by atoms with Crippen LogP contribution in [-0.2, 0) is 12.0 Å². The van der Waals surface area contributed by atoms with E-state index in [1.807, 2.05) is 12.4 Å². The summed E-state index contributed by atoms with van der Waals surface area (Å²) in [5, 5.41) is 3.61. The highest BCUT2D eigenvalue weighted by molar-refractivity contribution is 5.97. The van der Waals surface area contributed by atoms with Crippen LogP contribution in [0.4, 0.5) is 0 Å². The molecule has 1 aromatic heterocycles. The summed E-state index contributed by atoms with van der Waals surface area (Å²) in [5.74, 6) is 1.65. The fourth-order valence-electron chi connectivity index (χ4n) is 7.33. The Morgan fingerprint density at radius 1 is 0.884 bits per heavy atom. The van der Waals surface area contributed by atoms with Crippen molar-refractivity contribution in [2.75, 3.05) is 6.54 Å². The van der Waals surface area contributed by atoms with Gasteiger partial charge in [0.15, 0.2) is 0 Å². The van der Waals surface area contributed by atoms with Crippen molar-refractivity contribution in [1.29, 1.82) is 0 Å². The molecule has 2 aliphatic carbocycles. The molecule has 1 saturated carbocycles. The minimum absolute atomic E-state index is 0.126. The molecule has 3 nitrogen and oxygen atoms in total. The number of hydrogen-bond donors (Lipinski definition) is 1. The normalized spacial score (nSPS) is 20.7. The van der Waals surface area contributed by atoms with E-state index in [9.17, 15) is 0 Å². The lowest BCUT2D eigenvalue weighted by atomic mass is 9.77. The van der Waals surface area contributed by atoms with Crippen LogP contribution in [0.1, 0.15) is 139 Å². The number of rotatable bonds is 10. The molecule has 1 fully saturated rings. The Balaban J connectivity index is 1.13. The molecule has 3 heteroatoms. The zero-order valence-corrected chi connectivity index (χ0v) is 27.2. The Labute approximate surface area is 262 Å². The van der Waals surface area contributed by atoms with Crippen molar-refractivity contribution in [2.45, 2.75) is 129 Å². The van der Waals surface area contributed by atoms with Crippen molar-refractivity contribution in [3.05, 3.63) is 95.0 Å². The van der Waals surface area contributed by atoms with E-state index in [4.69, 9.17) is 9.98 Å². The van der Waals surface area contributed by atoms with Crippen LogP contribution in [0.25, 0.3) is 5.57 Å². The van der Waals surface area contributed by atoms with E-state index in [2.05, 4.69) is 80.7 Å². The summed E-state index contributed by atoms with van der Waals surface area (Å²) in [6.07, 6.45) is 29.3. The Hall–Kier alpha value is -2.78. The highest BCUT2D eigenvalue weighted by Crippen LogP contribution is 2.34. The molecule has 1 aliphatic heterocycles. The maximum atomic E-state index is 4.96. The number of aliphatic imine (C=N–C) groups is 1. The minimum atomic E-state index is -0.126. The Morgan fingerprint density at radius 3 is 2.49 bits per heavy atom. The molecule has 0 radical (unpaired) electrons. The zero-order chi connectivity index (χ0) is 29.9. The van der Waals surface area contributed by atoms with Crippen molar-refractivity contribution in [3.8, 4) is 0 Å². The van der Waals surface area contributed by atoms with Gasteiger partial charge in [0.2, 0.25) is 0 Å². The Bertz CT molecular complexity index is 1270. The molecule has 0 spiro atoms. The average molecular weight is 578 g/mol. The zero-order valence-electron chi connectivity index (χ0n) is 27.2. The average Bonchev–Trinajstić information content (AvgIpc) is 3.24. The summed E-state index contributed by atoms with van der Waals surface area (Å²) < 4.78 is 0. The molecule has 1 unspecified atom stereocenters. The third-order valence-electron chi connectivity index (χ3n) is 10.4. The van der Waals surface area contributed by atoms with E-state index in [-0.39, 0.29) is 5.41 Å². The van der Waals surface area contributed by atoms with Crippen LogP contribution in [0.15, 0.2) is 77.6 Å². The molecular weight excluding hydrogens is 522 g/mol. The van der Waals surface area contributed by atoms with Gasteiger partial charge in [-0.15, -0.1) is 0 Å². The fourth-order valence-corrected chi connectivity index (χ4v) is 7.33. The quantitative estimate of drug-likeness (QED) is 0.225. The van der Waals surface area contributed by atoms with Crippen molar-refractivity contribution in [3.63, 3.8) is 0 Å². The Kier molecular flexibility index (Phi) is 11.6. The molecule has 2 aromatic rings. The van der Waals surface area contributed by atoms with Gasteiger partial charge in [-0.1, -0.05) is 94.0 Å². The smallest absolute Gasteiger partial charge is 0.0542 e. The first-order chi connectivity index (χ1) is 21.0. The van der Waals surface area contributed by atoms with Gasteiger partial charge >= 0.3 is 0 Å². The number of pyridine rings is 1. The molecule has 0 amide bonds. The van der Waals surface area contributed by atoms with Crippen LogP contribution in [0.5, 0.6) is 0 Å². The summed E-state index contributed by atoms with van der Waals surface area (Å²) in [6.45, 7) is 8.87. The van der Waals surface area contributed by atoms with Crippen LogP contribution in [-0.4, -0.2) is 17.2 Å². The highest BCUT2D eigenvalue weighted by atomic mass is 14.9. The molecule has 0 bridgehead atoms. The van der Waals surface area contributed by atoms with Crippen LogP contribution >= 0.6 is 0 Å². The summed E-state index contributed by atoms with van der Waals surface area (Å²) in [6, 6.07) is 13.9. The van der Waals surface area contributed by atoms with Gasteiger partial charge in [-0.05, 0) is 111 Å². The molecule has 5 rings (SSSR count). The van der Waals surface area contributed by atoms with Gasteiger partial charge in [0.05, 0.1) is 5.69 Å². The first-order valence-corrected chi connectivity index (χ1v) is 17.3. The molecule has 43 heavy (non-hydrogen) atoms. The second-order valence-electron chi connectivity index (χ2n) is 13.9. The lowest BCUT2D eigenvalue weighted by molar-refractivity contribution is 0.330. The highest BCUT2D eigenvalue weighted by Gasteiger charge is 2.27. The van der Waals surface area contributed by atoms with Crippen molar-refractivity contribution < 1.29 is 0 Å². The maximum Gasteiger partial charge on any atom is 0.0542 e. The standard InChI is InChI=1S/C40H55N3/c1-31-11-7-8-16-33(17-9-12-31)34-18-22-37(23-19-34)40(2,3)39-25-21-35(26-28-42-39)36-20-24-38(43-29-36)30-41-27-10-15-32-13-5-4-6-14-32/h11,18-24,26,28-29,32-33,41H,4-10,12-17,25,27,30H2,1-3H3. The van der Waals surface area contributed by atoms with Gasteiger partial charge < -0.3 is 5.32 Å². The van der Waals surface area contributed by atoms with Crippen LogP contribution in [0.3, 0.4) is 0 Å². The summed E-state index contributed by atoms with van der Waals surface area (Å²) in [7, 11) is 0. The van der Waals surface area contributed by atoms with Crippen LogP contribution in [0, 0.1) is 5.92 Å². The summed E-state index contributed by atoms with van der Waals surface area (Å²) in [4.78, 5) is 9.73. The molecule has 230 valence electrons. The van der Waals surface area contributed by atoms with Gasteiger partial charge in [0, 0.05) is 36.5 Å². The number of aromatic nitrogens is 1. The summed E-state index contributed by atoms with van der Waals surface area (Å²) in [5.41, 5.74) is 8.99. The third kappa shape index (κ3) is 9.11. The predicted molar refractivity (Wildman–Crippen MR) is 185 cm³/mol. The SMILES string of the molecule is CC1=CCCCC(c2ccc(C(C)(C)C3=NC=CC(c4ccc(CNCCCC5CCCCC5)nc4)=CC3)cc2)CCC1. The van der Waals surface area contributed by atoms with Crippen molar-refractivity contribution in [1.82, 2.24) is 10.3 Å². The summed E-state index contributed by atoms with van der Waals surface area (Å²) >= 11 is 0. The molecule has 0 saturated heterocycles. The van der Waals surface area contributed by atoms with Gasteiger partial charge in [0.25, 0.3) is 0 Å². The van der Waals surface area contributed by atoms with E-state index in [1.165, 1.54) is 106 Å². The largest absolute Gasteiger partial charge is 0.311 e. The molecule has 1 atom stereocenters. The van der Waals surface area contributed by atoms with Gasteiger partial charge in [-0.3, -0.25) is 9.98 Å². The van der Waals surface area contributed by atoms with E-state index in [0.717, 1.165) is 36.7 Å². The molecule has 1 aromatic carbocycles. The molecule has 3 aliphatic rings. The van der Waals surface area contributed by atoms with Crippen molar-refractivity contribution in [2.24, 2.45) is 10.9 Å². The number of benzene rings is 1. The van der Waals surface area contributed by atoms with Gasteiger partial charge in [0.1, 0.15) is 0 Å². The maximum absolute atomic E-state index is 4.96. The van der Waals surface area contributed by atoms with Crippen LogP contribution in [0.2, 0.25) is 0 Å². The predicted octanol–water partition coefficient (Wildman–Crippen LogP) is 10.6. The third-order valence-corrected chi connectivity index (χ3v) is 10.4. The van der Waals surface area contributed by atoms with E-state index in [0.29, 0.717) is 5.92 Å². The monoisotopic (exact) mass is 577 g/mol. The van der Waals surface area contributed by atoms with Gasteiger partial charge in [-0.2, -0.15) is 0 Å². The minimum Gasteiger partial charge on any atom is -0.311 e. The second kappa shape index (κ2) is 15.8. The van der Waals surface area contributed by atoms with Gasteiger partial charge in [-0.25, -0.2) is 0 Å². The number of nitrogens with one attached hydrogen (secondary N) is 1. The lowest BCUT2D eigenvalue weighted by Crippen LogP contribution is -2.28. The van der Waals surface area contributed by atoms with Crippen LogP contribution < -0.4 is 5.32 Å². The molecule has 1 N–H and O–H groups in total. The number of nitrogens with zero attached hydrogens (tertiary/aromatic N) is 2. The molecule has 2 heterocycles. The fraction of sp³-hybridized carbons (Fsp3) is 0.550. The number of allylic oxidation sites excluding steroid dienone is 5. The first-order valence-electron chi connectivity index (χ1n) is 17.3. The first kappa shape index (κ1) is 31.6. The topological polar surface area (TPSA) is 37.3 Å². The number of hydrogen-bond acceptors (Lipinski definition) is 3. The Morgan fingerprint density at radius 2 is 1.70 bits per heavy atom. The lowest BCUT2D eigenvalue weighted by Gasteiger charge is -2.27. The van der Waals surface area contributed by atoms with E-state index in [1.54, 1.807) is 5.57 Å².